The second-order valence-electron chi connectivity index (χ2n) is 4.35. The van der Waals surface area contributed by atoms with Gasteiger partial charge in [0.15, 0.2) is 0 Å². The molecule has 21 heavy (non-hydrogen) atoms. The molecule has 2 heteroatoms. The average molecular weight is 285 g/mol. The van der Waals surface area contributed by atoms with Crippen LogP contribution >= 0.6 is 0 Å². The van der Waals surface area contributed by atoms with E-state index in [0.29, 0.717) is 12.3 Å². The molecule has 0 aliphatic heterocycles. The van der Waals surface area contributed by atoms with Gasteiger partial charge in [0.25, 0.3) is 0 Å². The normalized spacial score (nSPS) is 8.95. The second kappa shape index (κ2) is 9.65. The third kappa shape index (κ3) is 4.99. The lowest BCUT2D eigenvalue weighted by Gasteiger charge is -2.08. The predicted octanol–water partition coefficient (Wildman–Crippen LogP) is 5.62. The summed E-state index contributed by atoms with van der Waals surface area (Å²) in [4.78, 5) is 0. The van der Waals surface area contributed by atoms with E-state index in [1.165, 1.54) is 0 Å². The molecule has 0 unspecified atom stereocenters. The molecule has 0 saturated carbocycles. The molecule has 114 valence electrons. The van der Waals surface area contributed by atoms with Crippen molar-refractivity contribution in [2.24, 2.45) is 0 Å². The Morgan fingerprint density at radius 1 is 1.29 bits per heavy atom. The maximum atomic E-state index is 9.74. The summed E-state index contributed by atoms with van der Waals surface area (Å²) in [6, 6.07) is 7.54. The number of nitrogens with zero attached hydrogens (tertiary/aromatic N) is 1. The van der Waals surface area contributed by atoms with Crippen LogP contribution in [0.5, 0.6) is 5.75 Å². The van der Waals surface area contributed by atoms with Crippen LogP contribution in [0, 0.1) is 6.92 Å². The molecular weight excluding hydrogens is 258 g/mol. The zero-order chi connectivity index (χ0) is 16.4. The Balaban J connectivity index is 0.000000713. The minimum atomic E-state index is 0.323. The molecular formula is C19H27NO. The molecule has 2 rings (SSSR count). The predicted molar refractivity (Wildman–Crippen MR) is 94.9 cm³/mol. The zero-order valence-corrected chi connectivity index (χ0v) is 13.7. The number of allylic oxidation sites excluding steroid dienone is 3. The van der Waals surface area contributed by atoms with Gasteiger partial charge in [0.05, 0.1) is 5.52 Å². The number of benzene rings is 1. The fraction of sp³-hybridized carbons (Fsp3) is 0.263. The molecule has 0 atom stereocenters. The summed E-state index contributed by atoms with van der Waals surface area (Å²) in [6.45, 7) is 19.6. The highest BCUT2D eigenvalue weighted by Crippen LogP contribution is 2.28. The van der Waals surface area contributed by atoms with Crippen LogP contribution in [-0.4, -0.2) is 9.67 Å². The highest BCUT2D eigenvalue weighted by Gasteiger charge is 2.08. The lowest BCUT2D eigenvalue weighted by molar-refractivity contribution is 0.481. The van der Waals surface area contributed by atoms with Crippen LogP contribution in [0.25, 0.3) is 10.9 Å². The Hall–Kier alpha value is -2.22. The summed E-state index contributed by atoms with van der Waals surface area (Å²) in [7, 11) is 0. The number of hydrogen-bond donors (Lipinski definition) is 1. The molecule has 1 heterocycles. The van der Waals surface area contributed by atoms with Crippen LogP contribution < -0.4 is 0 Å². The molecule has 0 spiro atoms. The van der Waals surface area contributed by atoms with Gasteiger partial charge in [0.1, 0.15) is 5.75 Å². The maximum Gasteiger partial charge on any atom is 0.124 e. The number of aromatic nitrogens is 1. The summed E-state index contributed by atoms with van der Waals surface area (Å²) < 4.78 is 2.12. The van der Waals surface area contributed by atoms with Gasteiger partial charge >= 0.3 is 0 Å². The third-order valence-electron chi connectivity index (χ3n) is 2.78. The fourth-order valence-corrected chi connectivity index (χ4v) is 1.88. The molecule has 2 nitrogen and oxygen atoms in total. The van der Waals surface area contributed by atoms with Gasteiger partial charge in [0, 0.05) is 17.6 Å². The highest BCUT2D eigenvalue weighted by molar-refractivity contribution is 5.87. The highest BCUT2D eigenvalue weighted by atomic mass is 16.3. The second-order valence-corrected chi connectivity index (χ2v) is 4.35. The summed E-state index contributed by atoms with van der Waals surface area (Å²) in [6.07, 6.45) is 3.51. The van der Waals surface area contributed by atoms with E-state index in [4.69, 9.17) is 0 Å². The number of phenolic OH excluding ortho intramolecular Hbond substituents is 1. The number of aryl methyl sites for hydroxylation is 1. The standard InChI is InChI=1S/C14H15NO.C3H6.C2H6/c1-4-10(2)9-15-11(3)8-12-13(15)6-5-7-14(12)16;1-3-2;1-2/h4-8,16H,1-2,9H2,3H3;3H,1H2,2H3;1-2H3. The largest absolute Gasteiger partial charge is 0.507 e. The summed E-state index contributed by atoms with van der Waals surface area (Å²) in [5, 5.41) is 10.6. The molecule has 0 aliphatic carbocycles. The Labute approximate surface area is 128 Å². The number of aromatic hydroxyl groups is 1. The van der Waals surface area contributed by atoms with Crippen molar-refractivity contribution in [2.45, 2.75) is 34.2 Å². The molecule has 0 saturated heterocycles. The average Bonchev–Trinajstić information content (AvgIpc) is 2.80. The number of fused-ring (bicyclic) bond motifs is 1. The quantitative estimate of drug-likeness (QED) is 0.575. The smallest absolute Gasteiger partial charge is 0.124 e. The van der Waals surface area contributed by atoms with Crippen LogP contribution in [0.2, 0.25) is 0 Å². The Morgan fingerprint density at radius 3 is 2.38 bits per heavy atom. The van der Waals surface area contributed by atoms with Crippen LogP contribution in [-0.2, 0) is 6.54 Å². The first-order chi connectivity index (χ1) is 10.0. The first kappa shape index (κ1) is 18.8. The van der Waals surface area contributed by atoms with Gasteiger partial charge in [0.2, 0.25) is 0 Å². The monoisotopic (exact) mass is 285 g/mol. The van der Waals surface area contributed by atoms with Crippen LogP contribution in [0.1, 0.15) is 26.5 Å². The minimum absolute atomic E-state index is 0.323. The molecule has 1 N–H and O–H groups in total. The molecule has 0 fully saturated rings. The lowest BCUT2D eigenvalue weighted by Crippen LogP contribution is -2.00. The van der Waals surface area contributed by atoms with Crippen molar-refractivity contribution >= 4 is 10.9 Å². The van der Waals surface area contributed by atoms with Crippen molar-refractivity contribution in [3.8, 4) is 5.75 Å². The summed E-state index contributed by atoms with van der Waals surface area (Å²) in [5.41, 5.74) is 3.10. The third-order valence-corrected chi connectivity index (χ3v) is 2.78. The van der Waals surface area contributed by atoms with E-state index in [1.807, 2.05) is 45.9 Å². The van der Waals surface area contributed by atoms with Gasteiger partial charge in [-0.25, -0.2) is 0 Å². The van der Waals surface area contributed by atoms with E-state index in [9.17, 15) is 5.11 Å². The Bertz CT molecular complexity index is 605. The summed E-state index contributed by atoms with van der Waals surface area (Å²) >= 11 is 0. The van der Waals surface area contributed by atoms with E-state index in [1.54, 1.807) is 18.2 Å². The van der Waals surface area contributed by atoms with Crippen molar-refractivity contribution in [1.29, 1.82) is 0 Å². The van der Waals surface area contributed by atoms with E-state index in [2.05, 4.69) is 24.3 Å². The molecule has 0 amide bonds. The van der Waals surface area contributed by atoms with E-state index < -0.39 is 0 Å². The van der Waals surface area contributed by atoms with Gasteiger partial charge in [-0.15, -0.1) is 6.58 Å². The molecule has 1 aromatic heterocycles. The molecule has 1 aromatic carbocycles. The van der Waals surface area contributed by atoms with Gasteiger partial charge in [-0.3, -0.25) is 0 Å². The van der Waals surface area contributed by atoms with Crippen molar-refractivity contribution in [3.05, 3.63) is 67.4 Å². The van der Waals surface area contributed by atoms with Crippen LogP contribution in [0.15, 0.2) is 61.7 Å². The Morgan fingerprint density at radius 2 is 1.86 bits per heavy atom. The van der Waals surface area contributed by atoms with Crippen molar-refractivity contribution in [2.75, 3.05) is 0 Å². The van der Waals surface area contributed by atoms with Crippen LogP contribution in [0.4, 0.5) is 0 Å². The maximum absolute atomic E-state index is 9.74. The first-order valence-electron chi connectivity index (χ1n) is 7.20. The molecule has 0 bridgehead atoms. The SMILES string of the molecule is C=CC.C=CC(=C)Cn1c(C)cc2c(O)cccc21.CC. The molecule has 0 aliphatic rings. The van der Waals surface area contributed by atoms with Crippen molar-refractivity contribution in [3.63, 3.8) is 0 Å². The van der Waals surface area contributed by atoms with Crippen molar-refractivity contribution in [1.82, 2.24) is 4.57 Å². The topological polar surface area (TPSA) is 25.2 Å². The lowest BCUT2D eigenvalue weighted by atomic mass is 10.2. The van der Waals surface area contributed by atoms with Gasteiger partial charge < -0.3 is 9.67 Å². The number of rotatable bonds is 3. The van der Waals surface area contributed by atoms with E-state index >= 15 is 0 Å². The molecule has 0 radical (unpaired) electrons. The van der Waals surface area contributed by atoms with Gasteiger partial charge in [-0.05, 0) is 37.6 Å². The van der Waals surface area contributed by atoms with E-state index in [0.717, 1.165) is 22.2 Å². The minimum Gasteiger partial charge on any atom is -0.507 e. The number of hydrogen-bond acceptors (Lipinski definition) is 1. The van der Waals surface area contributed by atoms with Gasteiger partial charge in [-0.2, -0.15) is 0 Å². The zero-order valence-electron chi connectivity index (χ0n) is 13.7. The number of phenols is 1. The van der Waals surface area contributed by atoms with Gasteiger partial charge in [-0.1, -0.05) is 45.2 Å². The van der Waals surface area contributed by atoms with Crippen molar-refractivity contribution < 1.29 is 5.11 Å². The Kier molecular flexibility index (Phi) is 8.63. The molecule has 2 aromatic rings. The van der Waals surface area contributed by atoms with E-state index in [-0.39, 0.29) is 0 Å². The first-order valence-corrected chi connectivity index (χ1v) is 7.20. The summed E-state index contributed by atoms with van der Waals surface area (Å²) in [5.74, 6) is 0.323. The van der Waals surface area contributed by atoms with Crippen LogP contribution in [0.3, 0.4) is 0 Å². The fourth-order valence-electron chi connectivity index (χ4n) is 1.88.